The molecule has 32 heteroatoms. The number of nitrogens with two attached hydrogens (primary N) is 4. The van der Waals surface area contributed by atoms with Gasteiger partial charge >= 0.3 is 0 Å². The first-order valence-electron chi connectivity index (χ1n) is 10.9. The largest absolute Gasteiger partial charge is 0.368 e. The standard InChI is InChI=1S/C6H4N18.C6H8N14/c7-1-10-5(18-23-9)21-24(1)6-19-15-3(16-20-6)11-2-12-4(14-13-2)17-22-8;7-1-11-4(14-13-1)12-5-15-17-6(18-16-5)20-3(9)10-2(8)19-20/h(H2,7,10,21)(H2,11,12,13,14,15,16);(H4,8,9,10,19)(H4,7,11,12,13,14,15,16). The molecule has 0 saturated carbocycles. The van der Waals surface area contributed by atoms with Crippen molar-refractivity contribution in [3.05, 3.63) is 20.9 Å². The van der Waals surface area contributed by atoms with Crippen LogP contribution in [-0.2, 0) is 0 Å². The highest BCUT2D eigenvalue weighted by Crippen LogP contribution is 2.13. The molecule has 12 N–H and O–H groups in total. The first-order valence-corrected chi connectivity index (χ1v) is 10.9. The Morgan fingerprint density at radius 1 is 0.614 bits per heavy atom. The van der Waals surface area contributed by atoms with Gasteiger partial charge in [-0.2, -0.15) is 29.3 Å². The fourth-order valence-corrected chi connectivity index (χ4v) is 2.67. The second-order valence-corrected chi connectivity index (χ2v) is 7.12. The minimum absolute atomic E-state index is 0.00972. The Morgan fingerprint density at radius 2 is 1.16 bits per heavy atom. The van der Waals surface area contributed by atoms with Crippen molar-refractivity contribution in [1.29, 1.82) is 0 Å². The number of hydrogen-bond acceptors (Lipinski definition) is 24. The second kappa shape index (κ2) is 11.9. The first-order chi connectivity index (χ1) is 21.3. The Labute approximate surface area is 237 Å². The third-order valence-electron chi connectivity index (χ3n) is 4.28. The Hall–Kier alpha value is -8.14. The summed E-state index contributed by atoms with van der Waals surface area (Å²) in [6.07, 6.45) is 0. The van der Waals surface area contributed by atoms with Crippen LogP contribution < -0.4 is 33.6 Å². The highest BCUT2D eigenvalue weighted by molar-refractivity contribution is 5.43. The zero-order valence-corrected chi connectivity index (χ0v) is 21.0. The van der Waals surface area contributed by atoms with E-state index in [4.69, 9.17) is 34.0 Å². The minimum atomic E-state index is -0.202. The van der Waals surface area contributed by atoms with Crippen molar-refractivity contribution in [1.82, 2.24) is 101 Å². The Kier molecular flexibility index (Phi) is 7.44. The Bertz CT molecular complexity index is 1960. The number of nitrogens with one attached hydrogen (secondary N) is 4. The summed E-state index contributed by atoms with van der Waals surface area (Å²) in [4.78, 5) is 20.0. The minimum Gasteiger partial charge on any atom is -0.368 e. The van der Waals surface area contributed by atoms with Gasteiger partial charge < -0.3 is 22.9 Å². The number of hydrogen-bond donors (Lipinski definition) is 8. The summed E-state index contributed by atoms with van der Waals surface area (Å²) < 4.78 is 2.09. The van der Waals surface area contributed by atoms with E-state index in [2.05, 4.69) is 122 Å². The normalized spacial score (nSPS) is 10.2. The van der Waals surface area contributed by atoms with Crippen LogP contribution >= 0.6 is 0 Å². The summed E-state index contributed by atoms with van der Waals surface area (Å²) in [5.41, 5.74) is 38.5. The molecule has 0 saturated heterocycles. The van der Waals surface area contributed by atoms with Crippen LogP contribution in [0.25, 0.3) is 32.8 Å². The number of nitrogen functional groups attached to an aromatic ring is 4. The molecule has 0 aliphatic carbocycles. The van der Waals surface area contributed by atoms with Crippen LogP contribution in [0.15, 0.2) is 10.2 Å². The van der Waals surface area contributed by atoms with Crippen molar-refractivity contribution in [2.75, 3.05) is 33.6 Å². The van der Waals surface area contributed by atoms with Crippen molar-refractivity contribution in [2.45, 2.75) is 0 Å². The number of nitrogens with zero attached hydrogens (tertiary/aromatic N) is 24. The molecule has 0 unspecified atom stereocenters. The summed E-state index contributed by atoms with van der Waals surface area (Å²) in [5, 5.41) is 61.4. The maximum atomic E-state index is 8.33. The lowest BCUT2D eigenvalue weighted by molar-refractivity contribution is 0.738. The van der Waals surface area contributed by atoms with Gasteiger partial charge in [0.15, 0.2) is 0 Å². The molecule has 44 heavy (non-hydrogen) atoms. The highest BCUT2D eigenvalue weighted by Gasteiger charge is 2.13. The van der Waals surface area contributed by atoms with Crippen molar-refractivity contribution >= 4 is 59.5 Å². The summed E-state index contributed by atoms with van der Waals surface area (Å²) in [7, 11) is 0. The number of aromatic nitrogens is 20. The maximum absolute atomic E-state index is 8.33. The van der Waals surface area contributed by atoms with Crippen LogP contribution in [0, 0.1) is 0 Å². The van der Waals surface area contributed by atoms with E-state index < -0.39 is 0 Å². The predicted octanol–water partition coefficient (Wildman–Crippen LogP) is -2.37. The molecule has 32 nitrogen and oxygen atoms in total. The Morgan fingerprint density at radius 3 is 1.68 bits per heavy atom. The van der Waals surface area contributed by atoms with E-state index in [1.54, 1.807) is 0 Å². The number of H-pyrrole nitrogens is 2. The molecule has 0 radical (unpaired) electrons. The third-order valence-corrected chi connectivity index (χ3v) is 4.28. The van der Waals surface area contributed by atoms with Gasteiger partial charge in [-0.25, -0.2) is 5.10 Å². The van der Waals surface area contributed by atoms with E-state index in [0.29, 0.717) is 0 Å². The van der Waals surface area contributed by atoms with Crippen molar-refractivity contribution in [3.8, 4) is 11.9 Å². The molecule has 0 spiro atoms. The molecule has 220 valence electrons. The first kappa shape index (κ1) is 27.4. The molecule has 0 atom stereocenters. The van der Waals surface area contributed by atoms with Gasteiger partial charge in [-0.3, -0.25) is 15.7 Å². The van der Waals surface area contributed by atoms with Gasteiger partial charge in [-0.1, -0.05) is 0 Å². The number of azide groups is 2. The van der Waals surface area contributed by atoms with Crippen LogP contribution in [0.4, 0.5) is 59.5 Å². The van der Waals surface area contributed by atoms with Gasteiger partial charge in [0.25, 0.3) is 29.7 Å². The molecule has 6 rings (SSSR count). The molecule has 0 fully saturated rings. The van der Waals surface area contributed by atoms with E-state index in [1.165, 1.54) is 0 Å². The number of aromatic amines is 2. The lowest BCUT2D eigenvalue weighted by atomic mass is 10.9. The molecular formula is C12H12N32. The average molecular weight is 604 g/mol. The van der Waals surface area contributed by atoms with Crippen LogP contribution in [0.5, 0.6) is 0 Å². The van der Waals surface area contributed by atoms with Crippen LogP contribution in [0.2, 0.25) is 0 Å². The third kappa shape index (κ3) is 6.35. The lowest BCUT2D eigenvalue weighted by Gasteiger charge is -2.00. The molecule has 0 aromatic carbocycles. The number of anilines is 8. The van der Waals surface area contributed by atoms with E-state index in [-0.39, 0.29) is 71.4 Å². The Balaban J connectivity index is 0.000000177. The summed E-state index contributed by atoms with van der Waals surface area (Å²) in [6.45, 7) is 0. The fourth-order valence-electron chi connectivity index (χ4n) is 2.67. The summed E-state index contributed by atoms with van der Waals surface area (Å²) in [6, 6.07) is 0. The maximum Gasteiger partial charge on any atom is 0.292 e. The monoisotopic (exact) mass is 604 g/mol. The zero-order valence-electron chi connectivity index (χ0n) is 21.0. The smallest absolute Gasteiger partial charge is 0.292 e. The summed E-state index contributed by atoms with van der Waals surface area (Å²) >= 11 is 0. The predicted molar refractivity (Wildman–Crippen MR) is 140 cm³/mol. The molecular weight excluding hydrogens is 592 g/mol. The van der Waals surface area contributed by atoms with Gasteiger partial charge in [0, 0.05) is 9.82 Å². The van der Waals surface area contributed by atoms with Crippen molar-refractivity contribution < 1.29 is 0 Å². The molecule has 6 heterocycles. The van der Waals surface area contributed by atoms with Crippen LogP contribution in [0.3, 0.4) is 0 Å². The van der Waals surface area contributed by atoms with Crippen molar-refractivity contribution in [2.24, 2.45) is 10.2 Å². The highest BCUT2D eigenvalue weighted by atomic mass is 15.5. The van der Waals surface area contributed by atoms with Gasteiger partial charge in [0.05, 0.1) is 0 Å². The van der Waals surface area contributed by atoms with Gasteiger partial charge in [0.1, 0.15) is 0 Å². The average Bonchev–Trinajstić information content (AvgIpc) is 3.79. The van der Waals surface area contributed by atoms with E-state index in [0.717, 1.165) is 9.36 Å². The zero-order chi connectivity index (χ0) is 31.1. The topological polar surface area (TPSA) is 473 Å². The fraction of sp³-hybridized carbons (Fsp3) is 0. The lowest BCUT2D eigenvalue weighted by Crippen LogP contribution is -2.11. The number of rotatable bonds is 8. The van der Waals surface area contributed by atoms with E-state index in [9.17, 15) is 0 Å². The molecule has 6 aromatic heterocycles. The molecule has 6 aromatic rings. The van der Waals surface area contributed by atoms with Crippen molar-refractivity contribution in [3.63, 3.8) is 0 Å². The van der Waals surface area contributed by atoms with E-state index >= 15 is 0 Å². The van der Waals surface area contributed by atoms with Gasteiger partial charge in [-0.05, 0) is 21.3 Å². The van der Waals surface area contributed by atoms with Crippen LogP contribution in [0.1, 0.15) is 0 Å². The molecule has 0 aliphatic heterocycles. The quantitative estimate of drug-likeness (QED) is 0.0510. The second-order valence-electron chi connectivity index (χ2n) is 7.12. The van der Waals surface area contributed by atoms with Gasteiger partial charge in [-0.15, -0.1) is 61.2 Å². The summed E-state index contributed by atoms with van der Waals surface area (Å²) in [5.74, 6) is -0.0303. The van der Waals surface area contributed by atoms with E-state index in [1.807, 2.05) is 0 Å². The molecule has 0 amide bonds. The SMILES string of the molecule is Nc1nc(N)n(-c2nnc(Nc3n[nH]c(N)n3)nn2)n1.[N-]=[N+]=Nc1nc(N)n(-c2nnc(Nc3n[nH]c(N=[N+]=[N-])n3)nn2)n1. The molecule has 0 bridgehead atoms. The van der Waals surface area contributed by atoms with Gasteiger partial charge in [0.2, 0.25) is 41.6 Å². The molecule has 0 aliphatic rings. The van der Waals surface area contributed by atoms with Crippen LogP contribution in [-0.4, -0.2) is 101 Å².